The van der Waals surface area contributed by atoms with Gasteiger partial charge in [0.25, 0.3) is 0 Å². The van der Waals surface area contributed by atoms with Crippen molar-refractivity contribution in [3.05, 3.63) is 0 Å². The van der Waals surface area contributed by atoms with Crippen LogP contribution in [0.4, 0.5) is 0 Å². The third-order valence-electron chi connectivity index (χ3n) is 0. The van der Waals surface area contributed by atoms with Gasteiger partial charge in [-0.15, -0.1) is 0 Å². The van der Waals surface area contributed by atoms with Gasteiger partial charge in [0.2, 0.25) is 5.69 Å². The van der Waals surface area contributed by atoms with Crippen LogP contribution < -0.4 is 0 Å². The van der Waals surface area contributed by atoms with Gasteiger partial charge in [0.15, 0.2) is 0 Å². The first kappa shape index (κ1) is 10.7. The number of thiol groups is 1. The summed E-state index contributed by atoms with van der Waals surface area (Å²) < 4.78 is 0. The Morgan fingerprint density at radius 1 is 1.50 bits per heavy atom. The summed E-state index contributed by atoms with van der Waals surface area (Å²) in [6.45, 7) is 0. The summed E-state index contributed by atoms with van der Waals surface area (Å²) in [6, 6.07) is 0. The van der Waals surface area contributed by atoms with Crippen LogP contribution in [0.3, 0.4) is 0 Å². The molecule has 0 unspecified atom stereocenters. The van der Waals surface area contributed by atoms with Gasteiger partial charge < -0.3 is 9.79 Å². The van der Waals surface area contributed by atoms with Crippen molar-refractivity contribution >= 4 is 54.2 Å². The zero-order valence-electron chi connectivity index (χ0n) is 2.64. The van der Waals surface area contributed by atoms with Crippen LogP contribution in [0.25, 0.3) is 0 Å². The second-order valence-corrected chi connectivity index (χ2v) is 5.55. The van der Waals surface area contributed by atoms with Gasteiger partial charge in [0, 0.05) is 24.4 Å². The Bertz CT molecular complexity index is 57.7. The molecule has 0 fully saturated rings. The predicted molar refractivity (Wildman–Crippen MR) is 33.5 cm³/mol. The molecule has 0 rings (SSSR count). The van der Waals surface area contributed by atoms with Gasteiger partial charge in [-0.3, -0.25) is 0 Å². The van der Waals surface area contributed by atoms with E-state index in [2.05, 4.69) is 24.1 Å². The van der Waals surface area contributed by atoms with Crippen molar-refractivity contribution in [2.24, 2.45) is 0 Å². The van der Waals surface area contributed by atoms with E-state index in [1.165, 1.54) is 0 Å². The van der Waals surface area contributed by atoms with Crippen molar-refractivity contribution in [1.82, 2.24) is 0 Å². The van der Waals surface area contributed by atoms with Crippen LogP contribution in [0.2, 0.25) is 0 Å². The Morgan fingerprint density at radius 3 is 1.50 bits per heavy atom. The number of hydrogen-bond donors (Lipinski definition) is 3. The van der Waals surface area contributed by atoms with E-state index in [4.69, 9.17) is 9.79 Å². The summed E-state index contributed by atoms with van der Waals surface area (Å²) in [4.78, 5) is 15.7. The molecule has 0 aromatic rings. The van der Waals surface area contributed by atoms with Crippen molar-refractivity contribution in [3.63, 3.8) is 0 Å². The first-order chi connectivity index (χ1) is 2.00. The van der Waals surface area contributed by atoms with Crippen LogP contribution in [0, 0.1) is 0 Å². The van der Waals surface area contributed by atoms with Crippen LogP contribution >= 0.6 is 17.9 Å². The molecule has 0 bridgehead atoms. The van der Waals surface area contributed by atoms with Crippen LogP contribution in [-0.4, -0.2) is 34.2 Å². The maximum absolute atomic E-state index is 7.87. The van der Waals surface area contributed by atoms with E-state index < -0.39 is 5.69 Å². The van der Waals surface area contributed by atoms with Crippen molar-refractivity contribution in [2.45, 2.75) is 0 Å². The maximum atomic E-state index is 7.87. The molecule has 6 heavy (non-hydrogen) atoms. The average Bonchev–Trinajstić information content (AvgIpc) is 0.722. The second-order valence-electron chi connectivity index (χ2n) is 0.513. The van der Waals surface area contributed by atoms with E-state index in [1.807, 2.05) is 0 Å². The summed E-state index contributed by atoms with van der Waals surface area (Å²) in [5, 5.41) is 0. The van der Waals surface area contributed by atoms with Crippen LogP contribution in [0.1, 0.15) is 0 Å². The van der Waals surface area contributed by atoms with E-state index in [0.717, 1.165) is 0 Å². The SMILES string of the molecule is OP(O)(=S)S.[Sb]. The first-order valence-electron chi connectivity index (χ1n) is 0.783. The van der Waals surface area contributed by atoms with Gasteiger partial charge in [-0.1, -0.05) is 12.2 Å². The van der Waals surface area contributed by atoms with Gasteiger partial charge in [-0.25, -0.2) is 0 Å². The minimum absolute atomic E-state index is 0. The topological polar surface area (TPSA) is 40.5 Å². The van der Waals surface area contributed by atoms with E-state index in [1.54, 1.807) is 0 Å². The molecular formula is H3O2PS2Sb. The standard InChI is InChI=1S/H3O2PS2.Sb/c1-3(2,4)5;/h(H3,1,2,4,5);. The molecule has 0 atom stereocenters. The van der Waals surface area contributed by atoms with Gasteiger partial charge in [-0.2, -0.15) is 0 Å². The summed E-state index contributed by atoms with van der Waals surface area (Å²) in [7, 11) is 0. The van der Waals surface area contributed by atoms with Crippen LogP contribution in [-0.2, 0) is 11.8 Å². The van der Waals surface area contributed by atoms with Gasteiger partial charge in [0.05, 0.1) is 0 Å². The zero-order chi connectivity index (χ0) is 4.50. The van der Waals surface area contributed by atoms with Gasteiger partial charge >= 0.3 is 0 Å². The van der Waals surface area contributed by atoms with Crippen molar-refractivity contribution < 1.29 is 9.79 Å². The Balaban J connectivity index is 0. The molecule has 2 N–H and O–H groups in total. The van der Waals surface area contributed by atoms with E-state index in [0.29, 0.717) is 0 Å². The Morgan fingerprint density at radius 2 is 1.50 bits per heavy atom. The van der Waals surface area contributed by atoms with Crippen molar-refractivity contribution in [3.8, 4) is 0 Å². The smallest absolute Gasteiger partial charge is 0.239 e. The molecule has 0 saturated heterocycles. The quantitative estimate of drug-likeness (QED) is 0.316. The molecule has 0 aliphatic heterocycles. The minimum Gasteiger partial charge on any atom is -0.338 e. The third kappa shape index (κ3) is 42.6. The molecule has 6 heteroatoms. The Hall–Kier alpha value is 1.74. The van der Waals surface area contributed by atoms with Crippen LogP contribution in [0.5, 0.6) is 0 Å². The second kappa shape index (κ2) is 3.71. The van der Waals surface area contributed by atoms with Crippen LogP contribution in [0.15, 0.2) is 0 Å². The largest absolute Gasteiger partial charge is 0.338 e. The molecule has 2 nitrogen and oxygen atoms in total. The molecule has 0 saturated carbocycles. The predicted octanol–water partition coefficient (Wildman–Crippen LogP) is -0.256. The van der Waals surface area contributed by atoms with Crippen molar-refractivity contribution in [1.29, 1.82) is 0 Å². The number of rotatable bonds is 0. The molecule has 0 heterocycles. The molecule has 3 radical (unpaired) electrons. The molecule has 0 amide bonds. The van der Waals surface area contributed by atoms with E-state index in [9.17, 15) is 0 Å². The molecule has 37 valence electrons. The summed E-state index contributed by atoms with van der Waals surface area (Å²) in [5.74, 6) is 0. The summed E-state index contributed by atoms with van der Waals surface area (Å²) in [6.07, 6.45) is 0. The zero-order valence-corrected chi connectivity index (χ0v) is 7.80. The molecule has 0 spiro atoms. The van der Waals surface area contributed by atoms with Crippen molar-refractivity contribution in [2.75, 3.05) is 0 Å². The minimum atomic E-state index is -3.11. The fraction of sp³-hybridized carbons (Fsp3) is 0. The molecule has 0 aromatic heterocycles. The fourth-order valence-corrected chi connectivity index (χ4v) is 0. The summed E-state index contributed by atoms with van der Waals surface area (Å²) in [5.41, 5.74) is -3.11. The molecule has 0 aliphatic rings. The van der Waals surface area contributed by atoms with E-state index in [-0.39, 0.29) is 24.4 Å². The molecular weight excluding hydrogens is 249 g/mol. The van der Waals surface area contributed by atoms with Gasteiger partial charge in [-0.05, 0) is 11.8 Å². The Kier molecular flexibility index (Phi) is 6.59. The average molecular weight is 252 g/mol. The van der Waals surface area contributed by atoms with E-state index >= 15 is 0 Å². The van der Waals surface area contributed by atoms with Gasteiger partial charge in [0.1, 0.15) is 0 Å². The molecule has 0 aromatic carbocycles. The fourth-order valence-electron chi connectivity index (χ4n) is 0. The first-order valence-corrected chi connectivity index (χ1v) is 4.64. The maximum Gasteiger partial charge on any atom is 0.239 e. The monoisotopic (exact) mass is 251 g/mol. The Labute approximate surface area is 63.7 Å². The normalized spacial score (nSPS) is 9.83. The summed E-state index contributed by atoms with van der Waals surface area (Å²) >= 11 is 7.07. The molecule has 0 aliphatic carbocycles. The number of hydrogen-bond acceptors (Lipinski definition) is 1. The third-order valence-corrected chi connectivity index (χ3v) is 0.